The number of H-pyrrole nitrogens is 1. The van der Waals surface area contributed by atoms with Gasteiger partial charge in [-0.1, -0.05) is 0 Å². The molecular weight excluding hydrogens is 364 g/mol. The van der Waals surface area contributed by atoms with Crippen LogP contribution in [0.2, 0.25) is 0 Å². The highest BCUT2D eigenvalue weighted by Gasteiger charge is 2.29. The van der Waals surface area contributed by atoms with Crippen LogP contribution in [0.25, 0.3) is 32.8 Å². The number of nitrogens with two attached hydrogens (primary N) is 1. The van der Waals surface area contributed by atoms with Gasteiger partial charge >= 0.3 is 0 Å². The summed E-state index contributed by atoms with van der Waals surface area (Å²) in [6.07, 6.45) is 5.47. The zero-order valence-corrected chi connectivity index (χ0v) is 15.9. The quantitative estimate of drug-likeness (QED) is 0.458. The monoisotopic (exact) mass is 384 g/mol. The molecule has 7 nitrogen and oxygen atoms in total. The summed E-state index contributed by atoms with van der Waals surface area (Å²) in [5, 5.41) is 19.4. The van der Waals surface area contributed by atoms with Crippen LogP contribution in [0.5, 0.6) is 0 Å². The smallest absolute Gasteiger partial charge is 0.228 e. The lowest BCUT2D eigenvalue weighted by atomic mass is 9.96. The van der Waals surface area contributed by atoms with Crippen molar-refractivity contribution in [3.63, 3.8) is 0 Å². The molecule has 0 bridgehead atoms. The predicted octanol–water partition coefficient (Wildman–Crippen LogP) is 4.16. The fourth-order valence-electron chi connectivity index (χ4n) is 3.49. The fraction of sp³-hybridized carbons (Fsp3) is 0.182. The SMILES string of the molecule is C#N.Cc1cc2[nH]ncc2cc1-c1cc(N)c2cnc(NC(=O)C3CC3)cc2c1. The summed E-state index contributed by atoms with van der Waals surface area (Å²) in [4.78, 5) is 16.4. The van der Waals surface area contributed by atoms with Gasteiger partial charge in [0.25, 0.3) is 0 Å². The van der Waals surface area contributed by atoms with Crippen molar-refractivity contribution in [2.75, 3.05) is 11.1 Å². The van der Waals surface area contributed by atoms with Gasteiger partial charge in [0, 0.05) is 35.1 Å². The number of aryl methyl sites for hydroxylation is 1. The van der Waals surface area contributed by atoms with Gasteiger partial charge < -0.3 is 11.1 Å². The van der Waals surface area contributed by atoms with Crippen molar-refractivity contribution >= 4 is 39.1 Å². The van der Waals surface area contributed by atoms with Gasteiger partial charge in [0.05, 0.1) is 11.7 Å². The Bertz CT molecular complexity index is 1250. The van der Waals surface area contributed by atoms with E-state index in [2.05, 4.69) is 52.2 Å². The third kappa shape index (κ3) is 3.48. The molecule has 4 aromatic rings. The number of rotatable bonds is 3. The molecule has 0 radical (unpaired) electrons. The molecular formula is C22H20N6O. The minimum Gasteiger partial charge on any atom is -0.398 e. The lowest BCUT2D eigenvalue weighted by Gasteiger charge is -2.11. The molecule has 1 aliphatic rings. The summed E-state index contributed by atoms with van der Waals surface area (Å²) in [5.74, 6) is 0.758. The summed E-state index contributed by atoms with van der Waals surface area (Å²) in [6, 6.07) is 10.2. The number of anilines is 2. The molecule has 2 aromatic carbocycles. The first-order chi connectivity index (χ1) is 14.1. The third-order valence-corrected chi connectivity index (χ3v) is 5.16. The molecule has 1 saturated carbocycles. The Labute approximate surface area is 167 Å². The van der Waals surface area contributed by atoms with Gasteiger partial charge in [0.1, 0.15) is 5.82 Å². The second-order valence-electron chi connectivity index (χ2n) is 7.24. The Morgan fingerprint density at radius 1 is 1.17 bits per heavy atom. The molecule has 0 atom stereocenters. The van der Waals surface area contributed by atoms with Crippen molar-refractivity contribution in [2.45, 2.75) is 19.8 Å². The molecule has 0 aliphatic heterocycles. The van der Waals surface area contributed by atoms with E-state index in [4.69, 9.17) is 11.0 Å². The second kappa shape index (κ2) is 7.24. The number of pyridine rings is 1. The predicted molar refractivity (Wildman–Crippen MR) is 114 cm³/mol. The molecule has 4 N–H and O–H groups in total. The van der Waals surface area contributed by atoms with Gasteiger partial charge in [-0.15, -0.1) is 0 Å². The molecule has 7 heteroatoms. The van der Waals surface area contributed by atoms with Gasteiger partial charge in [-0.2, -0.15) is 5.10 Å². The topological polar surface area (TPSA) is 120 Å². The van der Waals surface area contributed by atoms with Crippen LogP contribution in [0.1, 0.15) is 18.4 Å². The number of nitrogen functional groups attached to an aromatic ring is 1. The summed E-state index contributed by atoms with van der Waals surface area (Å²) in [7, 11) is 0. The molecule has 0 spiro atoms. The van der Waals surface area contributed by atoms with Crippen molar-refractivity contribution in [2.24, 2.45) is 5.92 Å². The summed E-state index contributed by atoms with van der Waals surface area (Å²) < 4.78 is 0. The van der Waals surface area contributed by atoms with E-state index < -0.39 is 0 Å². The summed E-state index contributed by atoms with van der Waals surface area (Å²) >= 11 is 0. The van der Waals surface area contributed by atoms with Crippen molar-refractivity contribution < 1.29 is 4.79 Å². The lowest BCUT2D eigenvalue weighted by Crippen LogP contribution is -2.14. The van der Waals surface area contributed by atoms with E-state index in [9.17, 15) is 4.79 Å². The van der Waals surface area contributed by atoms with E-state index in [0.717, 1.165) is 51.2 Å². The van der Waals surface area contributed by atoms with Gasteiger partial charge in [-0.3, -0.25) is 9.89 Å². The number of hydrogen-bond acceptors (Lipinski definition) is 5. The molecule has 5 rings (SSSR count). The molecule has 1 aliphatic carbocycles. The van der Waals surface area contributed by atoms with Crippen LogP contribution in [-0.4, -0.2) is 21.1 Å². The molecule has 0 saturated heterocycles. The zero-order valence-electron chi connectivity index (χ0n) is 15.9. The van der Waals surface area contributed by atoms with E-state index in [1.165, 1.54) is 0 Å². The number of nitrogens with zero attached hydrogens (tertiary/aromatic N) is 3. The Hall–Kier alpha value is -3.92. The molecule has 1 amide bonds. The molecule has 0 unspecified atom stereocenters. The second-order valence-corrected chi connectivity index (χ2v) is 7.24. The van der Waals surface area contributed by atoms with Crippen LogP contribution in [0.15, 0.2) is 42.7 Å². The zero-order chi connectivity index (χ0) is 20.5. The Kier molecular flexibility index (Phi) is 4.61. The molecule has 144 valence electrons. The largest absolute Gasteiger partial charge is 0.398 e. The maximum atomic E-state index is 12.0. The van der Waals surface area contributed by atoms with Crippen LogP contribution >= 0.6 is 0 Å². The number of fused-ring (bicyclic) bond motifs is 2. The fourth-order valence-corrected chi connectivity index (χ4v) is 3.49. The highest BCUT2D eigenvalue weighted by atomic mass is 16.2. The number of amides is 1. The van der Waals surface area contributed by atoms with Crippen LogP contribution in [-0.2, 0) is 4.79 Å². The van der Waals surface area contributed by atoms with Crippen LogP contribution < -0.4 is 11.1 Å². The van der Waals surface area contributed by atoms with Crippen molar-refractivity contribution in [3.8, 4) is 17.7 Å². The Balaban J connectivity index is 0.000000994. The Morgan fingerprint density at radius 2 is 1.97 bits per heavy atom. The Morgan fingerprint density at radius 3 is 2.72 bits per heavy atom. The number of hydrogen-bond donors (Lipinski definition) is 3. The van der Waals surface area contributed by atoms with Gasteiger partial charge in [0.2, 0.25) is 5.91 Å². The average Bonchev–Trinajstić information content (AvgIpc) is 3.48. The van der Waals surface area contributed by atoms with Gasteiger partial charge in [0.15, 0.2) is 0 Å². The highest BCUT2D eigenvalue weighted by Crippen LogP contribution is 2.34. The lowest BCUT2D eigenvalue weighted by molar-refractivity contribution is -0.117. The molecule has 1 fully saturated rings. The van der Waals surface area contributed by atoms with E-state index in [1.54, 1.807) is 6.20 Å². The standard InChI is InChI=1S/C21H19N5O.CHN/c1-11-4-19-15(9-24-26-19)6-16(11)13-5-14-8-20(25-21(27)12-2-3-12)23-10-17(14)18(22)7-13;1-2/h4-10,12H,2-3,22H2,1H3,(H,24,26)(H,23,25,27);1H. The van der Waals surface area contributed by atoms with Gasteiger partial charge in [-0.25, -0.2) is 10.2 Å². The van der Waals surface area contributed by atoms with Crippen LogP contribution in [0.4, 0.5) is 11.5 Å². The maximum Gasteiger partial charge on any atom is 0.228 e. The normalized spacial score (nSPS) is 13.1. The first-order valence-electron chi connectivity index (χ1n) is 9.28. The highest BCUT2D eigenvalue weighted by molar-refractivity contribution is 6.00. The minimum atomic E-state index is 0.0484. The number of nitrogens with one attached hydrogen (secondary N) is 2. The molecule has 2 heterocycles. The van der Waals surface area contributed by atoms with Crippen molar-refractivity contribution in [1.82, 2.24) is 15.2 Å². The number of carbonyl (C=O) groups is 1. The first-order valence-corrected chi connectivity index (χ1v) is 9.28. The number of carbonyl (C=O) groups excluding carboxylic acids is 1. The molecule has 2 aromatic heterocycles. The minimum absolute atomic E-state index is 0.0484. The van der Waals surface area contributed by atoms with Crippen molar-refractivity contribution in [1.29, 1.82) is 5.26 Å². The maximum absolute atomic E-state index is 12.0. The van der Waals surface area contributed by atoms with Crippen molar-refractivity contribution in [3.05, 3.63) is 48.3 Å². The first kappa shape index (κ1) is 18.4. The molecule has 29 heavy (non-hydrogen) atoms. The third-order valence-electron chi connectivity index (χ3n) is 5.16. The number of benzene rings is 2. The number of nitriles is 1. The van der Waals surface area contributed by atoms with E-state index >= 15 is 0 Å². The van der Waals surface area contributed by atoms with Gasteiger partial charge in [-0.05, 0) is 72.2 Å². The van der Waals surface area contributed by atoms with Crippen LogP contribution in [0, 0.1) is 24.7 Å². The van der Waals surface area contributed by atoms with E-state index in [0.29, 0.717) is 11.5 Å². The summed E-state index contributed by atoms with van der Waals surface area (Å²) in [6.45, 7) is 5.57. The average molecular weight is 384 g/mol. The number of aromatic amines is 1. The number of aromatic nitrogens is 3. The van der Waals surface area contributed by atoms with E-state index in [-0.39, 0.29) is 11.8 Å². The van der Waals surface area contributed by atoms with Crippen LogP contribution in [0.3, 0.4) is 0 Å². The summed E-state index contributed by atoms with van der Waals surface area (Å²) in [5.41, 5.74) is 11.3. The van der Waals surface area contributed by atoms with E-state index in [1.807, 2.05) is 18.3 Å².